The maximum absolute atomic E-state index is 11.3. The van der Waals surface area contributed by atoms with E-state index in [1.807, 2.05) is 12.4 Å². The van der Waals surface area contributed by atoms with Crippen molar-refractivity contribution in [2.45, 2.75) is 12.5 Å². The Balaban J connectivity index is 2.07. The van der Waals surface area contributed by atoms with Crippen molar-refractivity contribution in [1.29, 1.82) is 0 Å². The number of dihydropyridines is 1. The van der Waals surface area contributed by atoms with Gasteiger partial charge in [-0.05, 0) is 43.3 Å². The average molecular weight is 259 g/mol. The Morgan fingerprint density at radius 3 is 2.95 bits per heavy atom. The highest BCUT2D eigenvalue weighted by Gasteiger charge is 2.35. The third kappa shape index (κ3) is 1.86. The summed E-state index contributed by atoms with van der Waals surface area (Å²) in [4.78, 5) is 13.5. The number of nitrogens with zero attached hydrogens (tertiary/aromatic N) is 1. The second-order valence-corrected chi connectivity index (χ2v) is 5.18. The van der Waals surface area contributed by atoms with Crippen LogP contribution in [0.5, 0.6) is 0 Å². The quantitative estimate of drug-likeness (QED) is 0.752. The minimum absolute atomic E-state index is 0.223. The van der Waals surface area contributed by atoms with Gasteiger partial charge in [-0.1, -0.05) is 0 Å². The molecule has 0 aromatic carbocycles. The number of carbonyl (C=O) groups excluding carboxylic acids is 1. The fraction of sp³-hybridized carbons (Fsp3) is 0.357. The van der Waals surface area contributed by atoms with Crippen molar-refractivity contribution < 1.29 is 9.53 Å². The summed E-state index contributed by atoms with van der Waals surface area (Å²) >= 11 is 0. The number of primary amides is 1. The van der Waals surface area contributed by atoms with E-state index < -0.39 is 5.91 Å². The van der Waals surface area contributed by atoms with Gasteiger partial charge in [-0.2, -0.15) is 0 Å². The highest BCUT2D eigenvalue weighted by atomic mass is 16.5. The van der Waals surface area contributed by atoms with Gasteiger partial charge in [0, 0.05) is 24.0 Å². The molecule has 1 aliphatic carbocycles. The molecule has 0 saturated heterocycles. The number of hydrogen-bond donors (Lipinski definition) is 2. The largest absolute Gasteiger partial charge is 0.483 e. The molecule has 2 aliphatic heterocycles. The molecule has 1 atom stereocenters. The lowest BCUT2D eigenvalue weighted by Gasteiger charge is -2.22. The molecule has 0 bridgehead atoms. The molecule has 0 saturated carbocycles. The Bertz CT molecular complexity index is 567. The van der Waals surface area contributed by atoms with Crippen LogP contribution in [-0.2, 0) is 9.53 Å². The van der Waals surface area contributed by atoms with E-state index in [9.17, 15) is 4.79 Å². The van der Waals surface area contributed by atoms with E-state index in [1.165, 1.54) is 16.7 Å². The summed E-state index contributed by atoms with van der Waals surface area (Å²) in [5.41, 5.74) is 9.99. The van der Waals surface area contributed by atoms with Crippen molar-refractivity contribution in [2.24, 2.45) is 5.73 Å². The highest BCUT2D eigenvalue weighted by molar-refractivity contribution is 5.91. The molecule has 1 unspecified atom stereocenters. The lowest BCUT2D eigenvalue weighted by molar-refractivity contribution is -0.117. The minimum Gasteiger partial charge on any atom is -0.483 e. The zero-order valence-corrected chi connectivity index (χ0v) is 11.1. The van der Waals surface area contributed by atoms with Gasteiger partial charge in [-0.3, -0.25) is 4.79 Å². The van der Waals surface area contributed by atoms with Crippen molar-refractivity contribution in [3.63, 3.8) is 0 Å². The van der Waals surface area contributed by atoms with Gasteiger partial charge in [0.2, 0.25) is 0 Å². The predicted octanol–water partition coefficient (Wildman–Crippen LogP) is 0.387. The first-order valence-corrected chi connectivity index (χ1v) is 6.27. The lowest BCUT2D eigenvalue weighted by Crippen LogP contribution is -2.29. The molecule has 0 fully saturated rings. The van der Waals surface area contributed by atoms with Crippen molar-refractivity contribution in [3.05, 3.63) is 46.5 Å². The Morgan fingerprint density at radius 2 is 2.26 bits per heavy atom. The third-order valence-electron chi connectivity index (χ3n) is 3.78. The predicted molar refractivity (Wildman–Crippen MR) is 71.6 cm³/mol. The molecular formula is C14H17N3O2. The maximum atomic E-state index is 11.3. The van der Waals surface area contributed by atoms with E-state index in [0.717, 1.165) is 12.0 Å². The lowest BCUT2D eigenvalue weighted by atomic mass is 9.97. The molecular weight excluding hydrogens is 242 g/mol. The second-order valence-electron chi connectivity index (χ2n) is 5.18. The van der Waals surface area contributed by atoms with Crippen LogP contribution >= 0.6 is 0 Å². The number of likely N-dealkylation sites (N-methyl/N-ethyl adjacent to an activating group) is 1. The van der Waals surface area contributed by atoms with Crippen LogP contribution in [-0.4, -0.2) is 37.6 Å². The van der Waals surface area contributed by atoms with Gasteiger partial charge in [0.05, 0.1) is 0 Å². The third-order valence-corrected chi connectivity index (χ3v) is 3.78. The number of ether oxygens (including phenoxy) is 1. The molecule has 0 aromatic rings. The van der Waals surface area contributed by atoms with Crippen LogP contribution in [0, 0.1) is 0 Å². The average Bonchev–Trinajstić information content (AvgIpc) is 2.61. The van der Waals surface area contributed by atoms with Crippen LogP contribution in [0.3, 0.4) is 0 Å². The number of amides is 1. The smallest absolute Gasteiger partial charge is 0.283 e. The van der Waals surface area contributed by atoms with Gasteiger partial charge in [0.25, 0.3) is 5.91 Å². The van der Waals surface area contributed by atoms with Crippen LogP contribution in [0.15, 0.2) is 46.5 Å². The molecule has 5 nitrogen and oxygen atoms in total. The maximum Gasteiger partial charge on any atom is 0.283 e. The second kappa shape index (κ2) is 4.28. The Labute approximate surface area is 112 Å². The summed E-state index contributed by atoms with van der Waals surface area (Å²) in [6.45, 7) is 0.418. The van der Waals surface area contributed by atoms with Gasteiger partial charge >= 0.3 is 0 Å². The van der Waals surface area contributed by atoms with Crippen molar-refractivity contribution >= 4 is 5.91 Å². The van der Waals surface area contributed by atoms with Crippen LogP contribution in [0.25, 0.3) is 0 Å². The summed E-state index contributed by atoms with van der Waals surface area (Å²) in [5.74, 6) is -0.305. The van der Waals surface area contributed by atoms with Gasteiger partial charge in [0.1, 0.15) is 6.61 Å². The minimum atomic E-state index is -0.528. The molecule has 0 radical (unpaired) electrons. The SMILES string of the molecule is CN(C)C1CC2=CNC=C3C=C(C(N)=O)OCC1=C32. The van der Waals surface area contributed by atoms with Crippen LogP contribution in [0.2, 0.25) is 0 Å². The molecule has 1 amide bonds. The monoisotopic (exact) mass is 259 g/mol. The van der Waals surface area contributed by atoms with Gasteiger partial charge in [-0.15, -0.1) is 0 Å². The highest BCUT2D eigenvalue weighted by Crippen LogP contribution is 2.41. The molecule has 2 heterocycles. The van der Waals surface area contributed by atoms with Crippen molar-refractivity contribution in [1.82, 2.24) is 10.2 Å². The Kier molecular flexibility index (Phi) is 2.71. The molecule has 5 heteroatoms. The number of rotatable bonds is 2. The van der Waals surface area contributed by atoms with Crippen molar-refractivity contribution in [3.8, 4) is 0 Å². The zero-order valence-electron chi connectivity index (χ0n) is 11.1. The van der Waals surface area contributed by atoms with Crippen LogP contribution in [0.1, 0.15) is 6.42 Å². The Hall–Kier alpha value is -2.01. The number of hydrogen-bond acceptors (Lipinski definition) is 4. The summed E-state index contributed by atoms with van der Waals surface area (Å²) in [7, 11) is 4.11. The van der Waals surface area contributed by atoms with Crippen LogP contribution < -0.4 is 11.1 Å². The van der Waals surface area contributed by atoms with E-state index in [2.05, 4.69) is 24.3 Å². The molecule has 19 heavy (non-hydrogen) atoms. The summed E-state index contributed by atoms with van der Waals surface area (Å²) in [6, 6.07) is 0.310. The van der Waals surface area contributed by atoms with Gasteiger partial charge in [-0.25, -0.2) is 0 Å². The van der Waals surface area contributed by atoms with E-state index in [0.29, 0.717) is 12.6 Å². The van der Waals surface area contributed by atoms with Gasteiger partial charge < -0.3 is 20.7 Å². The summed E-state index contributed by atoms with van der Waals surface area (Å²) in [5, 5.41) is 3.13. The van der Waals surface area contributed by atoms with Crippen molar-refractivity contribution in [2.75, 3.05) is 20.7 Å². The van der Waals surface area contributed by atoms with E-state index in [1.54, 1.807) is 6.08 Å². The fourth-order valence-electron chi connectivity index (χ4n) is 2.87. The number of allylic oxidation sites excluding steroid dienone is 3. The van der Waals surface area contributed by atoms with E-state index >= 15 is 0 Å². The first kappa shape index (κ1) is 12.0. The van der Waals surface area contributed by atoms with E-state index in [4.69, 9.17) is 10.5 Å². The topological polar surface area (TPSA) is 67.6 Å². The first-order valence-electron chi connectivity index (χ1n) is 6.27. The molecule has 100 valence electrons. The van der Waals surface area contributed by atoms with Crippen LogP contribution in [0.4, 0.5) is 0 Å². The number of nitrogens with one attached hydrogen (secondary N) is 1. The molecule has 3 N–H and O–H groups in total. The number of nitrogens with two attached hydrogens (primary N) is 1. The molecule has 0 aromatic heterocycles. The number of carbonyl (C=O) groups is 1. The standard InChI is InChI=1S/C14H17N3O2/c1-17(2)11-3-8-5-16-6-9-4-12(14(15)18)19-7-10(11)13(8)9/h4-6,11,16H,3,7H2,1-2H3,(H2,15,18). The molecule has 3 rings (SSSR count). The fourth-order valence-corrected chi connectivity index (χ4v) is 2.87. The van der Waals surface area contributed by atoms with Gasteiger partial charge in [0.15, 0.2) is 5.76 Å². The summed E-state index contributed by atoms with van der Waals surface area (Å²) < 4.78 is 5.57. The summed E-state index contributed by atoms with van der Waals surface area (Å²) in [6.07, 6.45) is 6.59. The van der Waals surface area contributed by atoms with E-state index in [-0.39, 0.29) is 5.76 Å². The Morgan fingerprint density at radius 1 is 1.47 bits per heavy atom. The normalized spacial score (nSPS) is 24.8. The first-order chi connectivity index (χ1) is 9.08. The molecule has 3 aliphatic rings. The zero-order chi connectivity index (χ0) is 13.6. The molecule has 0 spiro atoms.